The van der Waals surface area contributed by atoms with Crippen LogP contribution in [-0.4, -0.2) is 30.3 Å². The molecule has 0 N–H and O–H groups in total. The third-order valence-corrected chi connectivity index (χ3v) is 5.49. The highest BCUT2D eigenvalue weighted by Crippen LogP contribution is 2.33. The van der Waals surface area contributed by atoms with Crippen molar-refractivity contribution in [1.29, 1.82) is 0 Å². The first-order valence-corrected chi connectivity index (χ1v) is 8.83. The Morgan fingerprint density at radius 3 is 2.43 bits per heavy atom. The maximum Gasteiger partial charge on any atom is 0.162 e. The van der Waals surface area contributed by atoms with Crippen LogP contribution in [0.2, 0.25) is 0 Å². The lowest BCUT2D eigenvalue weighted by Gasteiger charge is -2.38. The lowest BCUT2D eigenvalue weighted by atomic mass is 9.78. The van der Waals surface area contributed by atoms with Crippen LogP contribution in [0, 0.1) is 5.41 Å². The van der Waals surface area contributed by atoms with Gasteiger partial charge >= 0.3 is 0 Å². The van der Waals surface area contributed by atoms with Gasteiger partial charge in [-0.2, -0.15) is 0 Å². The highest BCUT2D eigenvalue weighted by atomic mass is 79.9. The second kappa shape index (κ2) is 7.55. The predicted octanol–water partition coefficient (Wildman–Crippen LogP) is 4.92. The Kier molecular flexibility index (Phi) is 6.00. The van der Waals surface area contributed by atoms with Gasteiger partial charge in [-0.15, -0.1) is 0 Å². The Morgan fingerprint density at radius 1 is 1.24 bits per heavy atom. The second-order valence-corrected chi connectivity index (χ2v) is 7.46. The van der Waals surface area contributed by atoms with Crippen molar-refractivity contribution >= 4 is 21.7 Å². The van der Waals surface area contributed by atoms with Crippen LogP contribution >= 0.6 is 15.9 Å². The first-order valence-electron chi connectivity index (χ1n) is 8.03. The smallest absolute Gasteiger partial charge is 0.162 e. The topological polar surface area (TPSA) is 20.3 Å². The Bertz CT molecular complexity index is 461. The van der Waals surface area contributed by atoms with Gasteiger partial charge in [0.05, 0.1) is 0 Å². The van der Waals surface area contributed by atoms with Crippen LogP contribution in [0.3, 0.4) is 0 Å². The van der Waals surface area contributed by atoms with Gasteiger partial charge in [0.1, 0.15) is 0 Å². The number of rotatable bonds is 6. The minimum Gasteiger partial charge on any atom is -0.303 e. The van der Waals surface area contributed by atoms with Crippen molar-refractivity contribution in [1.82, 2.24) is 4.90 Å². The fourth-order valence-electron chi connectivity index (χ4n) is 2.91. The van der Waals surface area contributed by atoms with Crippen molar-refractivity contribution in [3.8, 4) is 0 Å². The number of benzene rings is 1. The van der Waals surface area contributed by atoms with Gasteiger partial charge < -0.3 is 4.90 Å². The molecule has 2 nitrogen and oxygen atoms in total. The van der Waals surface area contributed by atoms with Crippen molar-refractivity contribution in [2.24, 2.45) is 5.41 Å². The summed E-state index contributed by atoms with van der Waals surface area (Å²) in [6.07, 6.45) is 5.50. The second-order valence-electron chi connectivity index (χ2n) is 6.54. The summed E-state index contributed by atoms with van der Waals surface area (Å²) >= 11 is 3.40. The number of likely N-dealkylation sites (tertiary alicyclic amines) is 1. The van der Waals surface area contributed by atoms with E-state index in [1.807, 2.05) is 24.3 Å². The van der Waals surface area contributed by atoms with Gasteiger partial charge in [0.2, 0.25) is 0 Å². The minimum absolute atomic E-state index is 0.262. The van der Waals surface area contributed by atoms with Crippen molar-refractivity contribution in [3.63, 3.8) is 0 Å². The number of halogens is 1. The van der Waals surface area contributed by atoms with E-state index in [2.05, 4.69) is 34.7 Å². The third kappa shape index (κ3) is 4.93. The van der Waals surface area contributed by atoms with E-state index >= 15 is 0 Å². The number of carbonyl (C=O) groups is 1. The molecule has 3 heteroatoms. The van der Waals surface area contributed by atoms with Crippen LogP contribution in [0.5, 0.6) is 0 Å². The van der Waals surface area contributed by atoms with E-state index in [0.29, 0.717) is 11.8 Å². The zero-order valence-corrected chi connectivity index (χ0v) is 14.8. The standard InChI is InChI=1S/C18H26BrNO/c1-3-18(2)10-13-20(14-11-18)12-4-5-17(21)15-6-8-16(19)9-7-15/h6-9H,3-5,10-14H2,1-2H3. The minimum atomic E-state index is 0.262. The first-order chi connectivity index (χ1) is 10.0. The van der Waals surface area contributed by atoms with Gasteiger partial charge in [-0.05, 0) is 56.4 Å². The molecule has 1 aromatic rings. The van der Waals surface area contributed by atoms with E-state index in [0.717, 1.165) is 23.0 Å². The van der Waals surface area contributed by atoms with Crippen LogP contribution in [0.25, 0.3) is 0 Å². The van der Waals surface area contributed by atoms with E-state index in [-0.39, 0.29) is 5.78 Å². The molecule has 0 atom stereocenters. The molecule has 0 aromatic heterocycles. The van der Waals surface area contributed by atoms with Crippen molar-refractivity contribution in [3.05, 3.63) is 34.3 Å². The van der Waals surface area contributed by atoms with Crippen molar-refractivity contribution in [2.75, 3.05) is 19.6 Å². The monoisotopic (exact) mass is 351 g/mol. The maximum atomic E-state index is 12.1. The Morgan fingerprint density at radius 2 is 1.86 bits per heavy atom. The van der Waals surface area contributed by atoms with Crippen LogP contribution < -0.4 is 0 Å². The van der Waals surface area contributed by atoms with Gasteiger partial charge in [-0.3, -0.25) is 4.79 Å². The normalized spacial score (nSPS) is 18.6. The summed E-state index contributed by atoms with van der Waals surface area (Å²) in [5.41, 5.74) is 1.37. The molecule has 0 spiro atoms. The third-order valence-electron chi connectivity index (χ3n) is 4.96. The molecule has 116 valence electrons. The van der Waals surface area contributed by atoms with E-state index < -0.39 is 0 Å². The Hall–Kier alpha value is -0.670. The lowest BCUT2D eigenvalue weighted by Crippen LogP contribution is -2.38. The summed E-state index contributed by atoms with van der Waals surface area (Å²) in [4.78, 5) is 14.6. The number of ketones is 1. The zero-order chi connectivity index (χ0) is 15.3. The average Bonchev–Trinajstić information content (AvgIpc) is 2.50. The molecule has 1 heterocycles. The van der Waals surface area contributed by atoms with Gasteiger partial charge in [-0.25, -0.2) is 0 Å². The number of hydrogen-bond acceptors (Lipinski definition) is 2. The van der Waals surface area contributed by atoms with Gasteiger partial charge in [0.15, 0.2) is 5.78 Å². The number of nitrogens with zero attached hydrogens (tertiary/aromatic N) is 1. The molecule has 1 aromatic carbocycles. The maximum absolute atomic E-state index is 12.1. The number of Topliss-reactive ketones (excluding diaryl/α,β-unsaturated/α-hetero) is 1. The number of piperidine rings is 1. The van der Waals surface area contributed by atoms with Crippen LogP contribution in [0.4, 0.5) is 0 Å². The van der Waals surface area contributed by atoms with Gasteiger partial charge in [-0.1, -0.05) is 48.3 Å². The molecule has 0 radical (unpaired) electrons. The molecule has 2 rings (SSSR count). The summed E-state index contributed by atoms with van der Waals surface area (Å²) in [5.74, 6) is 0.262. The molecule has 0 aliphatic carbocycles. The number of hydrogen-bond donors (Lipinski definition) is 0. The molecule has 0 bridgehead atoms. The van der Waals surface area contributed by atoms with E-state index in [9.17, 15) is 4.79 Å². The van der Waals surface area contributed by atoms with E-state index in [1.165, 1.54) is 32.4 Å². The van der Waals surface area contributed by atoms with Crippen LogP contribution in [0.15, 0.2) is 28.7 Å². The molecule has 0 amide bonds. The molecular formula is C18H26BrNO. The number of carbonyl (C=O) groups excluding carboxylic acids is 1. The molecular weight excluding hydrogens is 326 g/mol. The van der Waals surface area contributed by atoms with Gasteiger partial charge in [0, 0.05) is 16.5 Å². The molecule has 1 fully saturated rings. The fraction of sp³-hybridized carbons (Fsp3) is 0.611. The van der Waals surface area contributed by atoms with Crippen LogP contribution in [0.1, 0.15) is 56.3 Å². The molecule has 0 saturated carbocycles. The molecule has 1 saturated heterocycles. The largest absolute Gasteiger partial charge is 0.303 e. The first kappa shape index (κ1) is 16.7. The summed E-state index contributed by atoms with van der Waals surface area (Å²) in [5, 5.41) is 0. The summed E-state index contributed by atoms with van der Waals surface area (Å²) in [7, 11) is 0. The molecule has 1 aliphatic heterocycles. The lowest BCUT2D eigenvalue weighted by molar-refractivity contribution is 0.0946. The summed E-state index contributed by atoms with van der Waals surface area (Å²) in [6.45, 7) is 8.14. The van der Waals surface area contributed by atoms with Crippen molar-refractivity contribution in [2.45, 2.75) is 46.0 Å². The molecule has 21 heavy (non-hydrogen) atoms. The Labute approximate surface area is 137 Å². The predicted molar refractivity (Wildman–Crippen MR) is 91.8 cm³/mol. The summed E-state index contributed by atoms with van der Waals surface area (Å²) in [6, 6.07) is 7.67. The van der Waals surface area contributed by atoms with Crippen molar-refractivity contribution < 1.29 is 4.79 Å². The summed E-state index contributed by atoms with van der Waals surface area (Å²) < 4.78 is 1.02. The average molecular weight is 352 g/mol. The van der Waals surface area contributed by atoms with E-state index in [1.54, 1.807) is 0 Å². The van der Waals surface area contributed by atoms with Gasteiger partial charge in [0.25, 0.3) is 0 Å². The quantitative estimate of drug-likeness (QED) is 0.677. The molecule has 1 aliphatic rings. The van der Waals surface area contributed by atoms with E-state index in [4.69, 9.17) is 0 Å². The highest BCUT2D eigenvalue weighted by Gasteiger charge is 2.27. The zero-order valence-electron chi connectivity index (χ0n) is 13.2. The molecule has 0 unspecified atom stereocenters. The Balaban J connectivity index is 1.70. The van der Waals surface area contributed by atoms with Crippen LogP contribution in [-0.2, 0) is 0 Å². The fourth-order valence-corrected chi connectivity index (χ4v) is 3.18. The highest BCUT2D eigenvalue weighted by molar-refractivity contribution is 9.10. The SMILES string of the molecule is CCC1(C)CCN(CCCC(=O)c2ccc(Br)cc2)CC1.